The average molecular weight is 196 g/mol. The van der Waals surface area contributed by atoms with Crippen LogP contribution in [0.25, 0.3) is 0 Å². The Labute approximate surface area is 87.6 Å². The largest absolute Gasteiger partial charge is 0.271 e. The molecule has 2 aliphatic rings. The number of hydrazine groups is 1. The molecule has 14 heavy (non-hydrogen) atoms. The van der Waals surface area contributed by atoms with Crippen LogP contribution < -0.4 is 11.3 Å². The fourth-order valence-electron chi connectivity index (χ4n) is 3.41. The van der Waals surface area contributed by atoms with Gasteiger partial charge in [-0.25, -0.2) is 0 Å². The monoisotopic (exact) mass is 196 g/mol. The summed E-state index contributed by atoms with van der Waals surface area (Å²) in [7, 11) is 0. The zero-order valence-electron chi connectivity index (χ0n) is 9.50. The van der Waals surface area contributed by atoms with Crippen molar-refractivity contribution in [3.8, 4) is 0 Å². The van der Waals surface area contributed by atoms with Crippen LogP contribution in [0.3, 0.4) is 0 Å². The maximum Gasteiger partial charge on any atom is 0.0267 e. The van der Waals surface area contributed by atoms with E-state index in [1.807, 2.05) is 0 Å². The van der Waals surface area contributed by atoms with E-state index in [1.165, 1.54) is 32.1 Å². The third kappa shape index (κ3) is 2.29. The summed E-state index contributed by atoms with van der Waals surface area (Å²) in [5.41, 5.74) is 3.07. The molecule has 82 valence electrons. The van der Waals surface area contributed by atoms with Crippen LogP contribution in [0.5, 0.6) is 0 Å². The van der Waals surface area contributed by atoms with E-state index in [0.717, 1.165) is 23.7 Å². The lowest BCUT2D eigenvalue weighted by Crippen LogP contribution is -2.44. The van der Waals surface area contributed by atoms with Crippen LogP contribution in [0.1, 0.15) is 46.0 Å². The van der Waals surface area contributed by atoms with Crippen molar-refractivity contribution in [2.45, 2.75) is 52.0 Å². The Hall–Kier alpha value is -0.0800. The molecule has 2 nitrogen and oxygen atoms in total. The van der Waals surface area contributed by atoms with E-state index in [4.69, 9.17) is 5.84 Å². The maximum atomic E-state index is 5.69. The average Bonchev–Trinajstić information content (AvgIpc) is 2.87. The number of nitrogens with two attached hydrogens (primary N) is 1. The molecule has 0 saturated heterocycles. The molecule has 2 aliphatic carbocycles. The molecule has 0 heterocycles. The van der Waals surface area contributed by atoms with Gasteiger partial charge in [-0.1, -0.05) is 13.8 Å². The molecule has 3 unspecified atom stereocenters. The van der Waals surface area contributed by atoms with Crippen molar-refractivity contribution in [1.82, 2.24) is 5.43 Å². The zero-order valence-corrected chi connectivity index (χ0v) is 9.50. The summed E-state index contributed by atoms with van der Waals surface area (Å²) in [6, 6.07) is 0.611. The normalized spacial score (nSPS) is 40.9. The van der Waals surface area contributed by atoms with E-state index in [2.05, 4.69) is 19.3 Å². The zero-order chi connectivity index (χ0) is 10.1. The molecule has 0 amide bonds. The first kappa shape index (κ1) is 10.4. The van der Waals surface area contributed by atoms with Crippen molar-refractivity contribution >= 4 is 0 Å². The van der Waals surface area contributed by atoms with Crippen LogP contribution in [0, 0.1) is 23.7 Å². The van der Waals surface area contributed by atoms with Crippen LogP contribution in [-0.4, -0.2) is 6.04 Å². The quantitative estimate of drug-likeness (QED) is 0.537. The van der Waals surface area contributed by atoms with Crippen molar-refractivity contribution in [3.05, 3.63) is 0 Å². The van der Waals surface area contributed by atoms with Gasteiger partial charge in [0.1, 0.15) is 0 Å². The SMILES string of the molecule is CC1CC(C)CC(C(NN)C2CC2)C1. The Morgan fingerprint density at radius 1 is 1.00 bits per heavy atom. The van der Waals surface area contributed by atoms with Crippen LogP contribution in [0.15, 0.2) is 0 Å². The molecular formula is C12H24N2. The van der Waals surface area contributed by atoms with Crippen molar-refractivity contribution in [1.29, 1.82) is 0 Å². The Morgan fingerprint density at radius 2 is 1.57 bits per heavy atom. The topological polar surface area (TPSA) is 38.0 Å². The highest BCUT2D eigenvalue weighted by molar-refractivity contribution is 4.92. The molecule has 0 aromatic heterocycles. The minimum absolute atomic E-state index is 0.611. The smallest absolute Gasteiger partial charge is 0.0267 e. The van der Waals surface area contributed by atoms with E-state index in [9.17, 15) is 0 Å². The number of nitrogens with one attached hydrogen (secondary N) is 1. The molecular weight excluding hydrogens is 172 g/mol. The number of hydrogen-bond acceptors (Lipinski definition) is 2. The van der Waals surface area contributed by atoms with E-state index in [1.54, 1.807) is 0 Å². The number of rotatable bonds is 3. The molecule has 3 N–H and O–H groups in total. The second-order valence-corrected chi connectivity index (χ2v) is 5.71. The van der Waals surface area contributed by atoms with Gasteiger partial charge in [-0.15, -0.1) is 0 Å². The van der Waals surface area contributed by atoms with E-state index in [-0.39, 0.29) is 0 Å². The molecule has 2 fully saturated rings. The minimum atomic E-state index is 0.611. The second kappa shape index (κ2) is 4.19. The van der Waals surface area contributed by atoms with E-state index >= 15 is 0 Å². The van der Waals surface area contributed by atoms with Gasteiger partial charge in [0, 0.05) is 6.04 Å². The van der Waals surface area contributed by atoms with Crippen LogP contribution in [-0.2, 0) is 0 Å². The molecule has 0 radical (unpaired) electrons. The Kier molecular flexibility index (Phi) is 3.13. The molecule has 0 bridgehead atoms. The highest BCUT2D eigenvalue weighted by atomic mass is 15.2. The Bertz CT molecular complexity index is 179. The molecule has 2 rings (SSSR count). The van der Waals surface area contributed by atoms with E-state index in [0.29, 0.717) is 6.04 Å². The van der Waals surface area contributed by atoms with Gasteiger partial charge in [0.15, 0.2) is 0 Å². The Morgan fingerprint density at radius 3 is 2.00 bits per heavy atom. The first-order valence-electron chi connectivity index (χ1n) is 6.16. The molecule has 0 aromatic carbocycles. The van der Waals surface area contributed by atoms with E-state index < -0.39 is 0 Å². The fraction of sp³-hybridized carbons (Fsp3) is 1.00. The van der Waals surface area contributed by atoms with Crippen LogP contribution >= 0.6 is 0 Å². The minimum Gasteiger partial charge on any atom is -0.271 e. The molecule has 2 heteroatoms. The van der Waals surface area contributed by atoms with Crippen LogP contribution in [0.2, 0.25) is 0 Å². The molecule has 3 atom stereocenters. The first-order chi connectivity index (χ1) is 6.70. The maximum absolute atomic E-state index is 5.69. The second-order valence-electron chi connectivity index (χ2n) is 5.71. The van der Waals surface area contributed by atoms with Crippen molar-refractivity contribution in [3.63, 3.8) is 0 Å². The van der Waals surface area contributed by atoms with Gasteiger partial charge in [0.2, 0.25) is 0 Å². The molecule has 0 aromatic rings. The summed E-state index contributed by atoms with van der Waals surface area (Å²) in [6.45, 7) is 4.78. The van der Waals surface area contributed by atoms with Gasteiger partial charge < -0.3 is 0 Å². The fourth-order valence-corrected chi connectivity index (χ4v) is 3.41. The van der Waals surface area contributed by atoms with Gasteiger partial charge in [-0.3, -0.25) is 11.3 Å². The molecule has 2 saturated carbocycles. The van der Waals surface area contributed by atoms with Gasteiger partial charge in [-0.2, -0.15) is 0 Å². The summed E-state index contributed by atoms with van der Waals surface area (Å²) in [5.74, 6) is 9.22. The van der Waals surface area contributed by atoms with Gasteiger partial charge in [0.05, 0.1) is 0 Å². The third-order valence-electron chi connectivity index (χ3n) is 4.05. The van der Waals surface area contributed by atoms with Gasteiger partial charge >= 0.3 is 0 Å². The highest BCUT2D eigenvalue weighted by Gasteiger charge is 2.38. The highest BCUT2D eigenvalue weighted by Crippen LogP contribution is 2.42. The van der Waals surface area contributed by atoms with Gasteiger partial charge in [0.25, 0.3) is 0 Å². The van der Waals surface area contributed by atoms with Crippen molar-refractivity contribution < 1.29 is 0 Å². The standard InChI is InChI=1S/C12H24N2/c1-8-5-9(2)7-11(6-8)12(14-13)10-3-4-10/h8-12,14H,3-7,13H2,1-2H3. The summed E-state index contributed by atoms with van der Waals surface area (Å²) >= 11 is 0. The summed E-state index contributed by atoms with van der Waals surface area (Å²) in [4.78, 5) is 0. The van der Waals surface area contributed by atoms with Crippen molar-refractivity contribution in [2.75, 3.05) is 0 Å². The summed E-state index contributed by atoms with van der Waals surface area (Å²) in [5, 5.41) is 0. The molecule has 0 spiro atoms. The Balaban J connectivity index is 1.93. The first-order valence-corrected chi connectivity index (χ1v) is 6.16. The lowest BCUT2D eigenvalue weighted by molar-refractivity contribution is 0.165. The summed E-state index contributed by atoms with van der Waals surface area (Å²) in [6.07, 6.45) is 6.98. The molecule has 0 aliphatic heterocycles. The lowest BCUT2D eigenvalue weighted by Gasteiger charge is -2.36. The summed E-state index contributed by atoms with van der Waals surface area (Å²) < 4.78 is 0. The predicted octanol–water partition coefficient (Wildman–Crippen LogP) is 2.30. The van der Waals surface area contributed by atoms with Gasteiger partial charge in [-0.05, 0) is 55.8 Å². The third-order valence-corrected chi connectivity index (χ3v) is 4.05. The van der Waals surface area contributed by atoms with Crippen molar-refractivity contribution in [2.24, 2.45) is 29.5 Å². The lowest BCUT2D eigenvalue weighted by atomic mass is 9.73. The predicted molar refractivity (Wildman–Crippen MR) is 59.5 cm³/mol. The number of hydrogen-bond donors (Lipinski definition) is 2. The van der Waals surface area contributed by atoms with Crippen LogP contribution in [0.4, 0.5) is 0 Å².